The zero-order valence-corrected chi connectivity index (χ0v) is 17.1. The van der Waals surface area contributed by atoms with Gasteiger partial charge in [0, 0.05) is 21.5 Å². The van der Waals surface area contributed by atoms with Gasteiger partial charge in [-0.3, -0.25) is 14.9 Å². The summed E-state index contributed by atoms with van der Waals surface area (Å²) in [5, 5.41) is 12.4. The molecule has 0 atom stereocenters. The Morgan fingerprint density at radius 1 is 1.10 bits per heavy atom. The van der Waals surface area contributed by atoms with Crippen molar-refractivity contribution in [3.05, 3.63) is 69.5 Å². The normalized spacial score (nSPS) is 10.8. The largest absolute Gasteiger partial charge is 0.343 e. The Labute approximate surface area is 179 Å². The molecule has 0 spiro atoms. The summed E-state index contributed by atoms with van der Waals surface area (Å²) in [6, 6.07) is 13.8. The Balaban J connectivity index is 1.46. The molecule has 146 valence electrons. The number of hydrogen-bond donors (Lipinski definition) is 2. The first kappa shape index (κ1) is 19.4. The van der Waals surface area contributed by atoms with Gasteiger partial charge in [-0.2, -0.15) is 4.98 Å². The summed E-state index contributed by atoms with van der Waals surface area (Å²) in [4.78, 5) is 29.0. The highest BCUT2D eigenvalue weighted by Gasteiger charge is 2.16. The molecular weight excluding hydrogens is 433 g/mol. The van der Waals surface area contributed by atoms with E-state index in [1.54, 1.807) is 47.0 Å². The van der Waals surface area contributed by atoms with E-state index in [-0.39, 0.29) is 18.4 Å². The first-order valence-corrected chi connectivity index (χ1v) is 10.1. The summed E-state index contributed by atoms with van der Waals surface area (Å²) in [7, 11) is 0. The van der Waals surface area contributed by atoms with Crippen LogP contribution in [-0.4, -0.2) is 33.0 Å². The molecule has 0 saturated heterocycles. The molecule has 2 aromatic carbocycles. The summed E-state index contributed by atoms with van der Waals surface area (Å²) < 4.78 is 1.60. The number of rotatable bonds is 5. The maximum atomic E-state index is 12.1. The predicted molar refractivity (Wildman–Crippen MR) is 114 cm³/mol. The SMILES string of the molecule is O=C(CNC(=O)c1ccccc1)Nc1nc2scc(-c3ccc(Cl)cc3Cl)n2n1. The molecule has 0 aliphatic rings. The Kier molecular flexibility index (Phi) is 5.48. The van der Waals surface area contributed by atoms with Crippen molar-refractivity contribution in [1.82, 2.24) is 19.9 Å². The predicted octanol–water partition coefficient (Wildman–Crippen LogP) is 4.13. The van der Waals surface area contributed by atoms with Crippen molar-refractivity contribution in [2.24, 2.45) is 0 Å². The lowest BCUT2D eigenvalue weighted by Gasteiger charge is -2.04. The van der Waals surface area contributed by atoms with Gasteiger partial charge in [0.2, 0.25) is 10.9 Å². The lowest BCUT2D eigenvalue weighted by Crippen LogP contribution is -2.33. The van der Waals surface area contributed by atoms with Crippen LogP contribution in [0.2, 0.25) is 10.0 Å². The van der Waals surface area contributed by atoms with E-state index in [9.17, 15) is 9.59 Å². The summed E-state index contributed by atoms with van der Waals surface area (Å²) in [6.45, 7) is -0.198. The van der Waals surface area contributed by atoms with Gasteiger partial charge in [-0.15, -0.1) is 16.4 Å². The minimum Gasteiger partial charge on any atom is -0.343 e. The van der Waals surface area contributed by atoms with Crippen LogP contribution in [-0.2, 0) is 4.79 Å². The molecule has 0 radical (unpaired) electrons. The average molecular weight is 446 g/mol. The van der Waals surface area contributed by atoms with Crippen LogP contribution in [0.15, 0.2) is 53.9 Å². The van der Waals surface area contributed by atoms with Crippen molar-refractivity contribution in [2.75, 3.05) is 11.9 Å². The minimum atomic E-state index is -0.432. The molecule has 0 unspecified atom stereocenters. The third kappa shape index (κ3) is 4.24. The Bertz CT molecular complexity index is 1210. The maximum absolute atomic E-state index is 12.1. The number of thiazole rings is 1. The Morgan fingerprint density at radius 3 is 2.66 bits per heavy atom. The number of halogens is 2. The number of benzene rings is 2. The van der Waals surface area contributed by atoms with Crippen molar-refractivity contribution in [1.29, 1.82) is 0 Å². The lowest BCUT2D eigenvalue weighted by atomic mass is 10.2. The molecule has 10 heteroatoms. The van der Waals surface area contributed by atoms with Gasteiger partial charge >= 0.3 is 0 Å². The molecule has 4 aromatic rings. The van der Waals surface area contributed by atoms with Crippen LogP contribution in [0.1, 0.15) is 10.4 Å². The van der Waals surface area contributed by atoms with Crippen molar-refractivity contribution < 1.29 is 9.59 Å². The van der Waals surface area contributed by atoms with Gasteiger partial charge in [0.25, 0.3) is 11.9 Å². The fraction of sp³-hybridized carbons (Fsp3) is 0.0526. The fourth-order valence-corrected chi connectivity index (χ4v) is 3.97. The number of fused-ring (bicyclic) bond motifs is 1. The van der Waals surface area contributed by atoms with Crippen LogP contribution in [0, 0.1) is 0 Å². The summed E-state index contributed by atoms with van der Waals surface area (Å²) in [6.07, 6.45) is 0. The van der Waals surface area contributed by atoms with Gasteiger partial charge in [-0.05, 0) is 30.3 Å². The van der Waals surface area contributed by atoms with E-state index >= 15 is 0 Å². The van der Waals surface area contributed by atoms with Crippen LogP contribution in [0.25, 0.3) is 16.2 Å². The van der Waals surface area contributed by atoms with Gasteiger partial charge < -0.3 is 5.32 Å². The first-order valence-electron chi connectivity index (χ1n) is 8.44. The quantitative estimate of drug-likeness (QED) is 0.483. The molecular formula is C19H13Cl2N5O2S. The lowest BCUT2D eigenvalue weighted by molar-refractivity contribution is -0.115. The first-order chi connectivity index (χ1) is 14.0. The number of anilines is 1. The molecule has 2 amide bonds. The number of nitrogens with one attached hydrogen (secondary N) is 2. The standard InChI is InChI=1S/C19H13Cl2N5O2S/c20-12-6-7-13(14(21)8-12)15-10-29-19-24-18(25-26(15)19)23-16(27)9-22-17(28)11-4-2-1-3-5-11/h1-8,10H,9H2,(H,22,28)(H,23,25,27). The van der Waals surface area contributed by atoms with E-state index in [4.69, 9.17) is 23.2 Å². The number of amides is 2. The monoisotopic (exact) mass is 445 g/mol. The smallest absolute Gasteiger partial charge is 0.251 e. The zero-order valence-electron chi connectivity index (χ0n) is 14.7. The molecule has 7 nitrogen and oxygen atoms in total. The van der Waals surface area contributed by atoms with E-state index in [0.717, 1.165) is 11.3 Å². The Morgan fingerprint density at radius 2 is 1.90 bits per heavy atom. The van der Waals surface area contributed by atoms with Crippen molar-refractivity contribution in [2.45, 2.75) is 0 Å². The number of hydrogen-bond acceptors (Lipinski definition) is 5. The van der Waals surface area contributed by atoms with E-state index in [1.807, 2.05) is 11.4 Å². The molecule has 0 aliphatic carbocycles. The molecule has 0 aliphatic heterocycles. The van der Waals surface area contributed by atoms with Crippen molar-refractivity contribution >= 4 is 57.3 Å². The van der Waals surface area contributed by atoms with Crippen molar-refractivity contribution in [3.8, 4) is 11.3 Å². The number of carbonyl (C=O) groups is 2. The molecule has 2 aromatic heterocycles. The van der Waals surface area contributed by atoms with Gasteiger partial charge in [-0.25, -0.2) is 4.52 Å². The van der Waals surface area contributed by atoms with Gasteiger partial charge in [0.15, 0.2) is 0 Å². The van der Waals surface area contributed by atoms with Crippen LogP contribution >= 0.6 is 34.5 Å². The third-order valence-corrected chi connectivity index (χ3v) is 5.35. The number of nitrogens with zero attached hydrogens (tertiary/aromatic N) is 3. The molecule has 0 bridgehead atoms. The van der Waals surface area contributed by atoms with E-state index in [0.29, 0.717) is 20.6 Å². The fourth-order valence-electron chi connectivity index (χ4n) is 2.64. The highest BCUT2D eigenvalue weighted by Crippen LogP contribution is 2.32. The molecule has 29 heavy (non-hydrogen) atoms. The van der Waals surface area contributed by atoms with Gasteiger partial charge in [0.05, 0.1) is 17.3 Å². The van der Waals surface area contributed by atoms with Crippen LogP contribution < -0.4 is 10.6 Å². The third-order valence-electron chi connectivity index (χ3n) is 3.99. The minimum absolute atomic E-state index is 0.141. The molecule has 4 rings (SSSR count). The van der Waals surface area contributed by atoms with E-state index < -0.39 is 5.91 Å². The van der Waals surface area contributed by atoms with Crippen LogP contribution in [0.3, 0.4) is 0 Å². The Hall–Kier alpha value is -2.94. The van der Waals surface area contributed by atoms with Crippen LogP contribution in [0.4, 0.5) is 5.95 Å². The summed E-state index contributed by atoms with van der Waals surface area (Å²) in [5.41, 5.74) is 1.96. The van der Waals surface area contributed by atoms with E-state index in [2.05, 4.69) is 20.7 Å². The second-order valence-electron chi connectivity index (χ2n) is 5.97. The van der Waals surface area contributed by atoms with Gasteiger partial charge in [-0.1, -0.05) is 41.4 Å². The second-order valence-corrected chi connectivity index (χ2v) is 7.65. The zero-order chi connectivity index (χ0) is 20.4. The molecule has 0 fully saturated rings. The maximum Gasteiger partial charge on any atom is 0.251 e. The highest BCUT2D eigenvalue weighted by atomic mass is 35.5. The second kappa shape index (κ2) is 8.20. The molecule has 2 N–H and O–H groups in total. The van der Waals surface area contributed by atoms with Crippen molar-refractivity contribution in [3.63, 3.8) is 0 Å². The number of carbonyl (C=O) groups excluding carboxylic acids is 2. The number of aromatic nitrogens is 3. The molecule has 0 saturated carbocycles. The summed E-state index contributed by atoms with van der Waals surface area (Å²) in [5.74, 6) is -0.625. The topological polar surface area (TPSA) is 88.4 Å². The molecule has 2 heterocycles. The average Bonchev–Trinajstić information content (AvgIpc) is 3.27. The summed E-state index contributed by atoms with van der Waals surface area (Å²) >= 11 is 13.6. The van der Waals surface area contributed by atoms with Gasteiger partial charge in [0.1, 0.15) is 0 Å². The van der Waals surface area contributed by atoms with E-state index in [1.165, 1.54) is 11.3 Å². The van der Waals surface area contributed by atoms with Crippen LogP contribution in [0.5, 0.6) is 0 Å². The highest BCUT2D eigenvalue weighted by molar-refractivity contribution is 7.15.